The van der Waals surface area contributed by atoms with Crippen molar-refractivity contribution in [2.24, 2.45) is 0 Å². The lowest BCUT2D eigenvalue weighted by atomic mass is 10.2. The van der Waals surface area contributed by atoms with Crippen molar-refractivity contribution < 1.29 is 0 Å². The number of halogens is 1. The van der Waals surface area contributed by atoms with Crippen LogP contribution in [0.2, 0.25) is 5.28 Å². The minimum atomic E-state index is 0.0769. The normalized spacial score (nSPS) is 12.2. The molecule has 0 aromatic carbocycles. The number of anilines is 2. The van der Waals surface area contributed by atoms with Crippen LogP contribution in [0.25, 0.3) is 0 Å². The number of thiazole rings is 1. The average molecular weight is 327 g/mol. The van der Waals surface area contributed by atoms with Gasteiger partial charge in [0, 0.05) is 24.7 Å². The third-order valence-electron chi connectivity index (χ3n) is 3.10. The van der Waals surface area contributed by atoms with Crippen LogP contribution in [0.3, 0.4) is 0 Å². The van der Waals surface area contributed by atoms with E-state index in [1.165, 1.54) is 0 Å². The third-order valence-corrected chi connectivity index (χ3v) is 4.16. The maximum Gasteiger partial charge on any atom is 0.231 e. The molecule has 2 aromatic rings. The Morgan fingerprint density at radius 2 is 2.00 bits per heavy atom. The lowest BCUT2D eigenvalue weighted by molar-refractivity contribution is 0.726. The first kappa shape index (κ1) is 15.9. The molecule has 0 aliphatic carbocycles. The van der Waals surface area contributed by atoms with Gasteiger partial charge < -0.3 is 10.2 Å². The molecule has 1 atom stereocenters. The average Bonchev–Trinajstić information content (AvgIpc) is 2.99. The van der Waals surface area contributed by atoms with Crippen molar-refractivity contribution in [1.29, 1.82) is 0 Å². The second-order valence-corrected chi connectivity index (χ2v) is 5.64. The van der Waals surface area contributed by atoms with Crippen molar-refractivity contribution in [2.45, 2.75) is 33.2 Å². The summed E-state index contributed by atoms with van der Waals surface area (Å²) in [6.45, 7) is 7.84. The number of hydrogen-bond acceptors (Lipinski definition) is 7. The van der Waals surface area contributed by atoms with Crippen molar-refractivity contribution in [3.05, 3.63) is 21.9 Å². The van der Waals surface area contributed by atoms with Gasteiger partial charge in [0.05, 0.1) is 6.04 Å². The van der Waals surface area contributed by atoms with Crippen molar-refractivity contribution >= 4 is 34.8 Å². The minimum Gasteiger partial charge on any atom is -0.345 e. The van der Waals surface area contributed by atoms with Crippen molar-refractivity contribution in [1.82, 2.24) is 19.9 Å². The fraction of sp³-hybridized carbons (Fsp3) is 0.538. The molecule has 6 nitrogen and oxygen atoms in total. The predicted octanol–water partition coefficient (Wildman–Crippen LogP) is 3.39. The monoisotopic (exact) mass is 326 g/mol. The summed E-state index contributed by atoms with van der Waals surface area (Å²) in [5.74, 6) is 1.08. The molecule has 0 aliphatic rings. The van der Waals surface area contributed by atoms with Gasteiger partial charge in [0.2, 0.25) is 17.2 Å². The summed E-state index contributed by atoms with van der Waals surface area (Å²) in [7, 11) is 0. The number of aromatic nitrogens is 4. The zero-order chi connectivity index (χ0) is 15.2. The van der Waals surface area contributed by atoms with Crippen LogP contribution in [0.4, 0.5) is 11.9 Å². The van der Waals surface area contributed by atoms with E-state index in [0.717, 1.165) is 24.5 Å². The molecule has 8 heteroatoms. The highest BCUT2D eigenvalue weighted by Crippen LogP contribution is 2.23. The molecule has 2 aromatic heterocycles. The topological polar surface area (TPSA) is 66.8 Å². The van der Waals surface area contributed by atoms with Gasteiger partial charge in [-0.05, 0) is 31.9 Å². The SMILES string of the molecule is CCC(Nc1nc(Cl)nc(N(CC)CC)n1)c1nccs1. The van der Waals surface area contributed by atoms with Gasteiger partial charge in [0.25, 0.3) is 0 Å². The lowest BCUT2D eigenvalue weighted by Crippen LogP contribution is -2.25. The Labute approximate surface area is 133 Å². The van der Waals surface area contributed by atoms with E-state index in [1.807, 2.05) is 10.3 Å². The van der Waals surface area contributed by atoms with Crippen LogP contribution in [0.5, 0.6) is 0 Å². The Morgan fingerprint density at radius 3 is 2.57 bits per heavy atom. The molecule has 0 spiro atoms. The smallest absolute Gasteiger partial charge is 0.231 e. The predicted molar refractivity (Wildman–Crippen MR) is 87.2 cm³/mol. The van der Waals surface area contributed by atoms with Gasteiger partial charge in [-0.2, -0.15) is 15.0 Å². The molecule has 0 fully saturated rings. The Kier molecular flexibility index (Phi) is 5.69. The van der Waals surface area contributed by atoms with Gasteiger partial charge in [-0.3, -0.25) is 0 Å². The van der Waals surface area contributed by atoms with Gasteiger partial charge in [-0.1, -0.05) is 6.92 Å². The second kappa shape index (κ2) is 7.51. The van der Waals surface area contributed by atoms with Crippen molar-refractivity contribution in [3.63, 3.8) is 0 Å². The Morgan fingerprint density at radius 1 is 1.24 bits per heavy atom. The maximum absolute atomic E-state index is 6.02. The molecule has 0 amide bonds. The molecule has 1 N–H and O–H groups in total. The van der Waals surface area contributed by atoms with Gasteiger partial charge in [0.1, 0.15) is 5.01 Å². The van der Waals surface area contributed by atoms with Crippen LogP contribution in [0, 0.1) is 0 Å². The molecular weight excluding hydrogens is 308 g/mol. The summed E-state index contributed by atoms with van der Waals surface area (Å²) >= 11 is 7.63. The molecule has 0 radical (unpaired) electrons. The van der Waals surface area contributed by atoms with Gasteiger partial charge in [-0.15, -0.1) is 11.3 Å². The van der Waals surface area contributed by atoms with E-state index in [0.29, 0.717) is 11.9 Å². The van der Waals surface area contributed by atoms with Crippen LogP contribution in [-0.2, 0) is 0 Å². The van der Waals surface area contributed by atoms with E-state index < -0.39 is 0 Å². The lowest BCUT2D eigenvalue weighted by Gasteiger charge is -2.20. The second-order valence-electron chi connectivity index (χ2n) is 4.38. The molecule has 0 saturated heterocycles. The van der Waals surface area contributed by atoms with Gasteiger partial charge >= 0.3 is 0 Å². The Bertz CT molecular complexity index is 558. The molecule has 0 aliphatic heterocycles. The molecule has 2 heterocycles. The van der Waals surface area contributed by atoms with Crippen LogP contribution in [-0.4, -0.2) is 33.0 Å². The molecule has 21 heavy (non-hydrogen) atoms. The van der Waals surface area contributed by atoms with E-state index >= 15 is 0 Å². The highest BCUT2D eigenvalue weighted by atomic mass is 35.5. The number of nitrogens with one attached hydrogen (secondary N) is 1. The molecule has 2 rings (SSSR count). The Balaban J connectivity index is 2.23. The fourth-order valence-corrected chi connectivity index (χ4v) is 2.88. The van der Waals surface area contributed by atoms with E-state index in [-0.39, 0.29) is 11.3 Å². The molecule has 0 bridgehead atoms. The Hall–Kier alpha value is -1.47. The molecular formula is C13H19ClN6S. The highest BCUT2D eigenvalue weighted by Gasteiger charge is 2.16. The zero-order valence-corrected chi connectivity index (χ0v) is 13.9. The van der Waals surface area contributed by atoms with Crippen LogP contribution in [0.1, 0.15) is 38.2 Å². The fourth-order valence-electron chi connectivity index (χ4n) is 1.95. The van der Waals surface area contributed by atoms with E-state index in [1.54, 1.807) is 17.5 Å². The van der Waals surface area contributed by atoms with E-state index in [2.05, 4.69) is 46.0 Å². The number of nitrogens with zero attached hydrogens (tertiary/aromatic N) is 5. The summed E-state index contributed by atoms with van der Waals surface area (Å²) in [4.78, 5) is 19.2. The van der Waals surface area contributed by atoms with E-state index in [4.69, 9.17) is 11.6 Å². The summed E-state index contributed by atoms with van der Waals surface area (Å²) < 4.78 is 0. The first-order valence-electron chi connectivity index (χ1n) is 7.00. The standard InChI is InChI=1S/C13H19ClN6S/c1-4-9(10-15-7-8-21-10)16-12-17-11(14)18-13(19-12)20(5-2)6-3/h7-9H,4-6H2,1-3H3,(H,16,17,18,19). The highest BCUT2D eigenvalue weighted by molar-refractivity contribution is 7.09. The van der Waals surface area contributed by atoms with Crippen molar-refractivity contribution in [2.75, 3.05) is 23.3 Å². The van der Waals surface area contributed by atoms with Crippen LogP contribution in [0.15, 0.2) is 11.6 Å². The number of rotatable bonds is 7. The zero-order valence-electron chi connectivity index (χ0n) is 12.4. The summed E-state index contributed by atoms with van der Waals surface area (Å²) in [5, 5.41) is 6.46. The maximum atomic E-state index is 6.02. The number of hydrogen-bond donors (Lipinski definition) is 1. The first-order chi connectivity index (χ1) is 10.2. The summed E-state index contributed by atoms with van der Waals surface area (Å²) in [6.07, 6.45) is 2.68. The third kappa shape index (κ3) is 4.01. The largest absolute Gasteiger partial charge is 0.345 e. The molecule has 114 valence electrons. The van der Waals surface area contributed by atoms with Gasteiger partial charge in [0.15, 0.2) is 0 Å². The first-order valence-corrected chi connectivity index (χ1v) is 8.26. The molecule has 0 saturated carbocycles. The van der Waals surface area contributed by atoms with Crippen LogP contribution < -0.4 is 10.2 Å². The molecule has 1 unspecified atom stereocenters. The van der Waals surface area contributed by atoms with Crippen molar-refractivity contribution in [3.8, 4) is 0 Å². The quantitative estimate of drug-likeness (QED) is 0.841. The van der Waals surface area contributed by atoms with Crippen LogP contribution >= 0.6 is 22.9 Å². The minimum absolute atomic E-state index is 0.0769. The van der Waals surface area contributed by atoms with E-state index in [9.17, 15) is 0 Å². The van der Waals surface area contributed by atoms with Gasteiger partial charge in [-0.25, -0.2) is 4.98 Å². The summed E-state index contributed by atoms with van der Waals surface area (Å²) in [5.41, 5.74) is 0. The summed E-state index contributed by atoms with van der Waals surface area (Å²) in [6, 6.07) is 0.0769.